The summed E-state index contributed by atoms with van der Waals surface area (Å²) in [7, 11) is 0. The largest absolute Gasteiger partial charge is 0.406 e. The first-order valence-corrected chi connectivity index (χ1v) is 9.87. The lowest BCUT2D eigenvalue weighted by Gasteiger charge is -2.35. The molecule has 1 aromatic rings. The second kappa shape index (κ2) is 8.81. The molecule has 0 spiro atoms. The van der Waals surface area contributed by atoms with Gasteiger partial charge in [0.25, 0.3) is 5.91 Å². The lowest BCUT2D eigenvalue weighted by Crippen LogP contribution is -2.48. The Bertz CT molecular complexity index is 841. The minimum atomic E-state index is -4.63. The van der Waals surface area contributed by atoms with Gasteiger partial charge in [0, 0.05) is 29.8 Å². The van der Waals surface area contributed by atoms with Crippen LogP contribution in [0.3, 0.4) is 0 Å². The summed E-state index contributed by atoms with van der Waals surface area (Å²) in [6, 6.07) is 4.01. The number of benzene rings is 1. The Morgan fingerprint density at radius 1 is 1.23 bits per heavy atom. The molecule has 7 nitrogen and oxygen atoms in total. The quantitative estimate of drug-likeness (QED) is 0.706. The van der Waals surface area contributed by atoms with Gasteiger partial charge >= 0.3 is 12.2 Å². The number of hydrogen-bond donors (Lipinski definition) is 1. The highest BCUT2D eigenvalue weighted by atomic mass is 35.5. The predicted octanol–water partition coefficient (Wildman–Crippen LogP) is 2.88. The van der Waals surface area contributed by atoms with Gasteiger partial charge in [0.1, 0.15) is 13.1 Å². The number of nitrogens with zero attached hydrogens (tertiary/aromatic N) is 3. The van der Waals surface area contributed by atoms with Crippen LogP contribution in [0, 0.1) is 6.92 Å². The Morgan fingerprint density at radius 2 is 1.90 bits per heavy atom. The molecule has 2 aliphatic rings. The zero-order chi connectivity index (χ0) is 22.1. The number of aryl methyl sites for hydroxylation is 1. The first-order valence-electron chi connectivity index (χ1n) is 9.49. The second-order valence-corrected chi connectivity index (χ2v) is 7.93. The van der Waals surface area contributed by atoms with Gasteiger partial charge in [-0.25, -0.2) is 4.79 Å². The van der Waals surface area contributed by atoms with Crippen LogP contribution in [0.5, 0.6) is 0 Å². The van der Waals surface area contributed by atoms with Crippen molar-refractivity contribution < 1.29 is 27.6 Å². The van der Waals surface area contributed by atoms with Gasteiger partial charge < -0.3 is 10.2 Å². The summed E-state index contributed by atoms with van der Waals surface area (Å²) >= 11 is 6.05. The molecule has 164 valence electrons. The normalized spacial score (nSPS) is 19.0. The maximum absolute atomic E-state index is 12.6. The van der Waals surface area contributed by atoms with E-state index in [9.17, 15) is 27.6 Å². The van der Waals surface area contributed by atoms with Crippen LogP contribution in [0.1, 0.15) is 18.4 Å². The summed E-state index contributed by atoms with van der Waals surface area (Å²) < 4.78 is 37.7. The summed E-state index contributed by atoms with van der Waals surface area (Å²) in [6.45, 7) is 1.08. The third kappa shape index (κ3) is 5.42. The van der Waals surface area contributed by atoms with Gasteiger partial charge in [-0.1, -0.05) is 17.7 Å². The number of anilines is 1. The smallest absolute Gasteiger partial charge is 0.325 e. The molecule has 11 heteroatoms. The standard InChI is InChI=1S/C19H22ClF3N4O3/c1-12-2-3-13(8-15(12)20)24-16(28)9-25-6-4-14(5-7-25)26-10-17(29)27(18(26)30)11-19(21,22)23/h2-3,8,14H,4-7,9-11H2,1H3,(H,24,28). The highest BCUT2D eigenvalue weighted by molar-refractivity contribution is 6.31. The molecular weight excluding hydrogens is 425 g/mol. The lowest BCUT2D eigenvalue weighted by atomic mass is 10.0. The third-order valence-corrected chi connectivity index (χ3v) is 5.65. The number of alkyl halides is 3. The zero-order valence-corrected chi connectivity index (χ0v) is 17.1. The average molecular weight is 447 g/mol. The Hall–Kier alpha value is -2.33. The van der Waals surface area contributed by atoms with Crippen molar-refractivity contribution in [1.82, 2.24) is 14.7 Å². The van der Waals surface area contributed by atoms with Gasteiger partial charge in [-0.3, -0.25) is 19.4 Å². The van der Waals surface area contributed by atoms with E-state index >= 15 is 0 Å². The van der Waals surface area contributed by atoms with Crippen molar-refractivity contribution in [1.29, 1.82) is 0 Å². The Labute approximate surface area is 176 Å². The number of rotatable bonds is 5. The zero-order valence-electron chi connectivity index (χ0n) is 16.3. The van der Waals surface area contributed by atoms with E-state index in [-0.39, 0.29) is 29.9 Å². The number of imide groups is 1. The molecule has 2 fully saturated rings. The number of piperidine rings is 1. The van der Waals surface area contributed by atoms with E-state index in [2.05, 4.69) is 5.32 Å². The molecule has 4 amide bonds. The third-order valence-electron chi connectivity index (χ3n) is 5.24. The molecule has 2 aliphatic heterocycles. The molecule has 0 aliphatic carbocycles. The molecule has 2 saturated heterocycles. The number of urea groups is 1. The van der Waals surface area contributed by atoms with Crippen LogP contribution in [-0.2, 0) is 9.59 Å². The Kier molecular flexibility index (Phi) is 6.56. The number of nitrogens with one attached hydrogen (secondary N) is 1. The SMILES string of the molecule is Cc1ccc(NC(=O)CN2CCC(N3CC(=O)N(CC(F)(F)F)C3=O)CC2)cc1Cl. The van der Waals surface area contributed by atoms with Crippen molar-refractivity contribution in [3.8, 4) is 0 Å². The van der Waals surface area contributed by atoms with E-state index in [1.165, 1.54) is 4.90 Å². The monoisotopic (exact) mass is 446 g/mol. The highest BCUT2D eigenvalue weighted by Gasteiger charge is 2.45. The lowest BCUT2D eigenvalue weighted by molar-refractivity contribution is -0.151. The number of likely N-dealkylation sites (tertiary alicyclic amines) is 1. The molecule has 3 rings (SSSR count). The maximum Gasteiger partial charge on any atom is 0.406 e. The number of carbonyl (C=O) groups excluding carboxylic acids is 3. The van der Waals surface area contributed by atoms with Gasteiger partial charge in [-0.05, 0) is 37.5 Å². The van der Waals surface area contributed by atoms with Crippen molar-refractivity contribution >= 4 is 35.1 Å². The van der Waals surface area contributed by atoms with E-state index in [0.717, 1.165) is 5.56 Å². The maximum atomic E-state index is 12.6. The number of halogens is 4. The molecule has 1 N–H and O–H groups in total. The molecular formula is C19H22ClF3N4O3. The van der Waals surface area contributed by atoms with E-state index in [1.54, 1.807) is 18.2 Å². The van der Waals surface area contributed by atoms with Crippen LogP contribution >= 0.6 is 11.6 Å². The van der Waals surface area contributed by atoms with Crippen molar-refractivity contribution in [2.24, 2.45) is 0 Å². The van der Waals surface area contributed by atoms with E-state index in [4.69, 9.17) is 11.6 Å². The van der Waals surface area contributed by atoms with Crippen LogP contribution < -0.4 is 5.32 Å². The van der Waals surface area contributed by atoms with Gasteiger partial charge in [0.2, 0.25) is 5.91 Å². The molecule has 30 heavy (non-hydrogen) atoms. The second-order valence-electron chi connectivity index (χ2n) is 7.52. The summed E-state index contributed by atoms with van der Waals surface area (Å²) in [5.41, 5.74) is 1.50. The Balaban J connectivity index is 1.49. The molecule has 0 atom stereocenters. The molecule has 0 unspecified atom stereocenters. The number of carbonyl (C=O) groups is 3. The fourth-order valence-electron chi connectivity index (χ4n) is 3.64. The molecule has 0 radical (unpaired) electrons. The van der Waals surface area contributed by atoms with Gasteiger partial charge in [-0.2, -0.15) is 13.2 Å². The van der Waals surface area contributed by atoms with E-state index in [0.29, 0.717) is 36.6 Å². The van der Waals surface area contributed by atoms with E-state index < -0.39 is 24.7 Å². The topological polar surface area (TPSA) is 73.0 Å². The van der Waals surface area contributed by atoms with Gasteiger partial charge in [0.15, 0.2) is 0 Å². The Morgan fingerprint density at radius 3 is 2.50 bits per heavy atom. The predicted molar refractivity (Wildman–Crippen MR) is 104 cm³/mol. The van der Waals surface area contributed by atoms with Crippen LogP contribution in [0.4, 0.5) is 23.7 Å². The summed E-state index contributed by atoms with van der Waals surface area (Å²) in [6.07, 6.45) is -3.68. The highest BCUT2D eigenvalue weighted by Crippen LogP contribution is 2.25. The first-order chi connectivity index (χ1) is 14.0. The average Bonchev–Trinajstić information content (AvgIpc) is 2.92. The fourth-order valence-corrected chi connectivity index (χ4v) is 3.82. The fraction of sp³-hybridized carbons (Fsp3) is 0.526. The van der Waals surface area contributed by atoms with Crippen molar-refractivity contribution in [2.45, 2.75) is 32.0 Å². The van der Waals surface area contributed by atoms with Gasteiger partial charge in [-0.15, -0.1) is 0 Å². The number of hydrogen-bond acceptors (Lipinski definition) is 4. The van der Waals surface area contributed by atoms with Crippen LogP contribution in [0.25, 0.3) is 0 Å². The van der Waals surface area contributed by atoms with Crippen LogP contribution in [0.2, 0.25) is 5.02 Å². The summed E-state index contributed by atoms with van der Waals surface area (Å²) in [5.74, 6) is -1.05. The van der Waals surface area contributed by atoms with Crippen molar-refractivity contribution in [3.05, 3.63) is 28.8 Å². The van der Waals surface area contributed by atoms with E-state index in [1.807, 2.05) is 11.8 Å². The van der Waals surface area contributed by atoms with Crippen molar-refractivity contribution in [3.63, 3.8) is 0 Å². The molecule has 0 aromatic heterocycles. The molecule has 1 aromatic carbocycles. The van der Waals surface area contributed by atoms with Crippen molar-refractivity contribution in [2.75, 3.05) is 38.0 Å². The van der Waals surface area contributed by atoms with Gasteiger partial charge in [0.05, 0.1) is 6.54 Å². The minimum absolute atomic E-state index is 0.144. The minimum Gasteiger partial charge on any atom is -0.325 e. The summed E-state index contributed by atoms with van der Waals surface area (Å²) in [5, 5.41) is 3.33. The molecule has 2 heterocycles. The number of amides is 4. The molecule has 0 bridgehead atoms. The van der Waals surface area contributed by atoms with Crippen LogP contribution in [-0.4, -0.2) is 77.5 Å². The molecule has 0 saturated carbocycles. The first kappa shape index (κ1) is 22.4. The van der Waals surface area contributed by atoms with Crippen LogP contribution in [0.15, 0.2) is 18.2 Å². The summed E-state index contributed by atoms with van der Waals surface area (Å²) in [4.78, 5) is 39.7.